The molecule has 2 rings (SSSR count). The summed E-state index contributed by atoms with van der Waals surface area (Å²) < 4.78 is 26.7. The summed E-state index contributed by atoms with van der Waals surface area (Å²) in [6.45, 7) is 4.05. The minimum atomic E-state index is -0.473. The van der Waals surface area contributed by atoms with Crippen molar-refractivity contribution < 1.29 is 13.6 Å². The molecule has 5 heteroatoms. The second-order valence-corrected chi connectivity index (χ2v) is 6.26. The molecule has 1 aromatic carbocycles. The Morgan fingerprint density at radius 1 is 1.17 bits per heavy atom. The number of pyridine rings is 1. The summed E-state index contributed by atoms with van der Waals surface area (Å²) in [5.41, 5.74) is 1.11. The Morgan fingerprint density at radius 2 is 1.83 bits per heavy atom. The zero-order valence-electron chi connectivity index (χ0n) is 14.2. The van der Waals surface area contributed by atoms with Crippen LogP contribution in [-0.2, 0) is 17.6 Å². The van der Waals surface area contributed by atoms with Crippen LogP contribution in [0.15, 0.2) is 42.6 Å². The van der Waals surface area contributed by atoms with E-state index in [1.165, 1.54) is 30.5 Å². The van der Waals surface area contributed by atoms with Crippen molar-refractivity contribution in [3.05, 3.63) is 65.5 Å². The molecule has 128 valence electrons. The van der Waals surface area contributed by atoms with Crippen molar-refractivity contribution in [3.8, 4) is 0 Å². The van der Waals surface area contributed by atoms with E-state index in [-0.39, 0.29) is 35.8 Å². The van der Waals surface area contributed by atoms with E-state index >= 15 is 0 Å². The molecule has 1 amide bonds. The third-order valence-electron chi connectivity index (χ3n) is 4.17. The summed E-state index contributed by atoms with van der Waals surface area (Å²) in [6.07, 6.45) is 2.02. The molecule has 0 saturated carbocycles. The summed E-state index contributed by atoms with van der Waals surface area (Å²) in [5, 5.41) is 0. The number of benzene rings is 1. The maximum atomic E-state index is 13.7. The van der Waals surface area contributed by atoms with Crippen LogP contribution in [-0.4, -0.2) is 28.9 Å². The smallest absolute Gasteiger partial charge is 0.228 e. The average Bonchev–Trinajstić information content (AvgIpc) is 2.55. The molecule has 0 aliphatic heterocycles. The van der Waals surface area contributed by atoms with Crippen LogP contribution in [0.1, 0.15) is 25.1 Å². The highest BCUT2D eigenvalue weighted by molar-refractivity contribution is 5.78. The van der Waals surface area contributed by atoms with Crippen LogP contribution in [0, 0.1) is 17.6 Å². The van der Waals surface area contributed by atoms with Gasteiger partial charge in [-0.25, -0.2) is 8.78 Å². The summed E-state index contributed by atoms with van der Waals surface area (Å²) in [5.74, 6) is -0.736. The Kier molecular flexibility index (Phi) is 6.01. The van der Waals surface area contributed by atoms with Gasteiger partial charge in [-0.2, -0.15) is 0 Å². The van der Waals surface area contributed by atoms with E-state index in [0.29, 0.717) is 6.42 Å². The van der Waals surface area contributed by atoms with E-state index in [1.807, 2.05) is 13.8 Å². The predicted molar refractivity (Wildman–Crippen MR) is 89.4 cm³/mol. The van der Waals surface area contributed by atoms with E-state index in [4.69, 9.17) is 0 Å². The number of rotatable bonds is 6. The molecule has 0 saturated heterocycles. The Bertz CT molecular complexity index is 686. The highest BCUT2D eigenvalue weighted by atomic mass is 19.1. The van der Waals surface area contributed by atoms with E-state index in [9.17, 15) is 13.6 Å². The molecule has 1 aromatic heterocycles. The van der Waals surface area contributed by atoms with Crippen molar-refractivity contribution >= 4 is 5.91 Å². The lowest BCUT2D eigenvalue weighted by molar-refractivity contribution is -0.132. The van der Waals surface area contributed by atoms with E-state index in [0.717, 1.165) is 5.56 Å². The molecule has 0 radical (unpaired) electrons. The van der Waals surface area contributed by atoms with E-state index < -0.39 is 5.82 Å². The molecule has 0 fully saturated rings. The first-order valence-electron chi connectivity index (χ1n) is 7.98. The van der Waals surface area contributed by atoms with Crippen molar-refractivity contribution in [2.24, 2.45) is 5.92 Å². The zero-order valence-corrected chi connectivity index (χ0v) is 14.2. The largest absolute Gasteiger partial charge is 0.342 e. The molecule has 2 aromatic rings. The Hall–Kier alpha value is -2.30. The van der Waals surface area contributed by atoms with Gasteiger partial charge in [-0.05, 0) is 42.2 Å². The number of aromatic nitrogens is 1. The van der Waals surface area contributed by atoms with Gasteiger partial charge in [-0.3, -0.25) is 9.78 Å². The third kappa shape index (κ3) is 4.60. The first kappa shape index (κ1) is 18.0. The quantitative estimate of drug-likeness (QED) is 0.809. The lowest BCUT2D eigenvalue weighted by Gasteiger charge is -2.31. The Labute approximate surface area is 141 Å². The SMILES string of the molecule is CC(C)C(Cc1ccc(F)cc1)N(C)C(=O)Cc1ncccc1F. The molecular formula is C19H22F2N2O. The van der Waals surface area contributed by atoms with Crippen molar-refractivity contribution in [1.82, 2.24) is 9.88 Å². The van der Waals surface area contributed by atoms with Gasteiger partial charge in [0, 0.05) is 19.3 Å². The monoisotopic (exact) mass is 332 g/mol. The number of nitrogens with zero attached hydrogens (tertiary/aromatic N) is 2. The lowest BCUT2D eigenvalue weighted by atomic mass is 9.94. The second kappa shape index (κ2) is 7.99. The van der Waals surface area contributed by atoms with E-state index in [1.54, 1.807) is 24.1 Å². The number of halogens is 2. The minimum Gasteiger partial charge on any atom is -0.342 e. The molecule has 0 aliphatic carbocycles. The minimum absolute atomic E-state index is 0.0604. The molecule has 3 nitrogen and oxygen atoms in total. The van der Waals surface area contributed by atoms with Gasteiger partial charge in [0.2, 0.25) is 5.91 Å². The van der Waals surface area contributed by atoms with Gasteiger partial charge in [-0.1, -0.05) is 26.0 Å². The number of hydrogen-bond donors (Lipinski definition) is 0. The number of amides is 1. The second-order valence-electron chi connectivity index (χ2n) is 6.26. The summed E-state index contributed by atoms with van der Waals surface area (Å²) in [7, 11) is 1.72. The van der Waals surface area contributed by atoms with Crippen molar-refractivity contribution in [1.29, 1.82) is 0 Å². The van der Waals surface area contributed by atoms with Crippen LogP contribution in [0.4, 0.5) is 8.78 Å². The lowest BCUT2D eigenvalue weighted by Crippen LogP contribution is -2.42. The van der Waals surface area contributed by atoms with Gasteiger partial charge >= 0.3 is 0 Å². The standard InChI is InChI=1S/C19H22F2N2O/c1-13(2)18(11-14-6-8-15(20)9-7-14)23(3)19(24)12-17-16(21)5-4-10-22-17/h4-10,13,18H,11-12H2,1-3H3. The van der Waals surface area contributed by atoms with Crippen LogP contribution in [0.3, 0.4) is 0 Å². The number of hydrogen-bond acceptors (Lipinski definition) is 2. The van der Waals surface area contributed by atoms with Crippen LogP contribution in [0.2, 0.25) is 0 Å². The zero-order chi connectivity index (χ0) is 17.7. The average molecular weight is 332 g/mol. The first-order chi connectivity index (χ1) is 11.4. The molecule has 0 aliphatic rings. The highest BCUT2D eigenvalue weighted by Gasteiger charge is 2.24. The maximum absolute atomic E-state index is 13.7. The topological polar surface area (TPSA) is 33.2 Å². The summed E-state index contributed by atoms with van der Waals surface area (Å²) >= 11 is 0. The van der Waals surface area contributed by atoms with Gasteiger partial charge in [0.15, 0.2) is 0 Å². The fourth-order valence-corrected chi connectivity index (χ4v) is 2.68. The van der Waals surface area contributed by atoms with E-state index in [2.05, 4.69) is 4.98 Å². The van der Waals surface area contributed by atoms with Gasteiger partial charge in [0.1, 0.15) is 11.6 Å². The van der Waals surface area contributed by atoms with Crippen LogP contribution < -0.4 is 0 Å². The van der Waals surface area contributed by atoms with Crippen LogP contribution in [0.5, 0.6) is 0 Å². The van der Waals surface area contributed by atoms with Gasteiger partial charge < -0.3 is 4.90 Å². The molecular weight excluding hydrogens is 310 g/mol. The molecule has 24 heavy (non-hydrogen) atoms. The predicted octanol–water partition coefficient (Wildman–Crippen LogP) is 3.63. The Morgan fingerprint density at radius 3 is 2.42 bits per heavy atom. The molecule has 1 heterocycles. The summed E-state index contributed by atoms with van der Waals surface area (Å²) in [4.78, 5) is 18.1. The van der Waals surface area contributed by atoms with Gasteiger partial charge in [-0.15, -0.1) is 0 Å². The summed E-state index contributed by atoms with van der Waals surface area (Å²) in [6, 6.07) is 9.01. The Balaban J connectivity index is 2.10. The van der Waals surface area contributed by atoms with Crippen molar-refractivity contribution in [3.63, 3.8) is 0 Å². The number of likely N-dealkylation sites (N-methyl/N-ethyl adjacent to an activating group) is 1. The van der Waals surface area contributed by atoms with Crippen molar-refractivity contribution in [2.75, 3.05) is 7.05 Å². The van der Waals surface area contributed by atoms with Gasteiger partial charge in [0.25, 0.3) is 0 Å². The number of carbonyl (C=O) groups excluding carboxylic acids is 1. The molecule has 0 spiro atoms. The molecule has 0 N–H and O–H groups in total. The highest BCUT2D eigenvalue weighted by Crippen LogP contribution is 2.17. The fourth-order valence-electron chi connectivity index (χ4n) is 2.68. The number of carbonyl (C=O) groups is 1. The van der Waals surface area contributed by atoms with Crippen LogP contribution >= 0.6 is 0 Å². The fraction of sp³-hybridized carbons (Fsp3) is 0.368. The first-order valence-corrected chi connectivity index (χ1v) is 7.98. The molecule has 0 bridgehead atoms. The van der Waals surface area contributed by atoms with Gasteiger partial charge in [0.05, 0.1) is 12.1 Å². The molecule has 1 unspecified atom stereocenters. The van der Waals surface area contributed by atoms with Crippen molar-refractivity contribution in [2.45, 2.75) is 32.7 Å². The molecule has 1 atom stereocenters. The normalized spacial score (nSPS) is 12.2. The van der Waals surface area contributed by atoms with Crippen LogP contribution in [0.25, 0.3) is 0 Å². The third-order valence-corrected chi connectivity index (χ3v) is 4.17. The maximum Gasteiger partial charge on any atom is 0.228 e.